The van der Waals surface area contributed by atoms with E-state index in [1.165, 1.54) is 49.3 Å². The van der Waals surface area contributed by atoms with Gasteiger partial charge in [-0.2, -0.15) is 5.10 Å². The van der Waals surface area contributed by atoms with Crippen molar-refractivity contribution in [1.82, 2.24) is 20.1 Å². The Morgan fingerprint density at radius 1 is 1.03 bits per heavy atom. The molecule has 198 valence electrons. The first-order valence-electron chi connectivity index (χ1n) is 13.5. The number of nitrogens with two attached hydrogens (primary N) is 1. The summed E-state index contributed by atoms with van der Waals surface area (Å²) in [4.78, 5) is 19.8. The van der Waals surface area contributed by atoms with Crippen LogP contribution in [0.3, 0.4) is 0 Å². The average Bonchev–Trinajstić information content (AvgIpc) is 3.69. The number of aromatic nitrogens is 3. The molecule has 4 heterocycles. The Balaban J connectivity index is 1.34. The number of hydrogen-bond acceptors (Lipinski definition) is 5. The molecule has 0 unspecified atom stereocenters. The molecule has 7 heteroatoms. The summed E-state index contributed by atoms with van der Waals surface area (Å²) >= 11 is 1.53. The number of aromatic amines is 2. The fourth-order valence-corrected chi connectivity index (χ4v) is 6.52. The van der Waals surface area contributed by atoms with Gasteiger partial charge < -0.3 is 10.7 Å². The molecule has 0 atom stereocenters. The number of allylic oxidation sites excluding steroid dienone is 2. The third-order valence-electron chi connectivity index (χ3n) is 7.54. The molecule has 39 heavy (non-hydrogen) atoms. The molecule has 0 bridgehead atoms. The zero-order valence-electron chi connectivity index (χ0n) is 22.4. The molecule has 3 aromatic heterocycles. The standard InChI is InChI=1S/C32H33N5OS/c1-20(19-37-13-4-3-5-14-37)15-23(18-33)22-9-10-28-26(16-22)32(36-35-28)29-17-25-24(7-6-8-27(25)34-29)31-12-11-30(39-31)21(2)38/h6-12,15-18,34H,3-5,13-14,19,33H2,1-2H3,(H,35,36)/b20-15+,23-18+. The largest absolute Gasteiger partial charge is 0.404 e. The van der Waals surface area contributed by atoms with E-state index in [2.05, 4.69) is 69.5 Å². The quantitative estimate of drug-likeness (QED) is 0.150. The van der Waals surface area contributed by atoms with Gasteiger partial charge in [0.05, 0.1) is 16.1 Å². The second kappa shape index (κ2) is 10.7. The Morgan fingerprint density at radius 3 is 2.64 bits per heavy atom. The van der Waals surface area contributed by atoms with Gasteiger partial charge >= 0.3 is 0 Å². The van der Waals surface area contributed by atoms with Crippen LogP contribution in [-0.4, -0.2) is 45.5 Å². The summed E-state index contributed by atoms with van der Waals surface area (Å²) in [5, 5.41) is 10.0. The van der Waals surface area contributed by atoms with E-state index in [0.29, 0.717) is 0 Å². The van der Waals surface area contributed by atoms with E-state index in [0.717, 1.165) is 66.2 Å². The van der Waals surface area contributed by atoms with Crippen LogP contribution in [0, 0.1) is 0 Å². The Morgan fingerprint density at radius 2 is 1.87 bits per heavy atom. The number of benzene rings is 2. The van der Waals surface area contributed by atoms with Gasteiger partial charge in [-0.1, -0.05) is 36.3 Å². The third-order valence-corrected chi connectivity index (χ3v) is 8.76. The van der Waals surface area contributed by atoms with Gasteiger partial charge in [0.25, 0.3) is 0 Å². The van der Waals surface area contributed by atoms with Gasteiger partial charge in [0, 0.05) is 39.5 Å². The van der Waals surface area contributed by atoms with E-state index in [1.807, 2.05) is 18.2 Å². The molecule has 5 aromatic rings. The number of carbonyl (C=O) groups excluding carboxylic acids is 1. The van der Waals surface area contributed by atoms with Gasteiger partial charge in [-0.25, -0.2) is 0 Å². The predicted molar refractivity (Wildman–Crippen MR) is 163 cm³/mol. The van der Waals surface area contributed by atoms with Crippen LogP contribution in [0.15, 0.2) is 72.4 Å². The second-order valence-corrected chi connectivity index (χ2v) is 11.5. The third kappa shape index (κ3) is 5.07. The van der Waals surface area contributed by atoms with Crippen LogP contribution in [0.4, 0.5) is 0 Å². The molecule has 0 spiro atoms. The van der Waals surface area contributed by atoms with Crippen molar-refractivity contribution >= 4 is 44.5 Å². The van der Waals surface area contributed by atoms with Gasteiger partial charge in [-0.3, -0.25) is 14.8 Å². The average molecular weight is 536 g/mol. The van der Waals surface area contributed by atoms with E-state index in [4.69, 9.17) is 5.73 Å². The van der Waals surface area contributed by atoms with Crippen LogP contribution in [0.1, 0.15) is 48.3 Å². The zero-order chi connectivity index (χ0) is 26.9. The molecule has 1 fully saturated rings. The van der Waals surface area contributed by atoms with Crippen LogP contribution in [0.25, 0.3) is 49.2 Å². The molecule has 2 aromatic carbocycles. The van der Waals surface area contributed by atoms with E-state index in [9.17, 15) is 4.79 Å². The monoisotopic (exact) mass is 535 g/mol. The lowest BCUT2D eigenvalue weighted by atomic mass is 10.0. The van der Waals surface area contributed by atoms with Crippen LogP contribution < -0.4 is 5.73 Å². The number of nitrogens with one attached hydrogen (secondary N) is 2. The maximum atomic E-state index is 11.9. The first-order chi connectivity index (χ1) is 19.0. The highest BCUT2D eigenvalue weighted by Crippen LogP contribution is 2.37. The van der Waals surface area contributed by atoms with Crippen molar-refractivity contribution in [2.75, 3.05) is 19.6 Å². The van der Waals surface area contributed by atoms with Crippen molar-refractivity contribution in [3.63, 3.8) is 0 Å². The number of rotatable bonds is 7. The Kier molecular flexibility index (Phi) is 6.94. The Labute approximate surface area is 232 Å². The summed E-state index contributed by atoms with van der Waals surface area (Å²) in [5.74, 6) is 0.0920. The SMILES string of the molecule is CC(=O)c1ccc(-c2cccc3[nH]c(-c4n[nH]c5ccc(C(/C=C(\C)CN6CCCCC6)=C/N)cc45)cc23)s1. The predicted octanol–water partition coefficient (Wildman–Crippen LogP) is 7.37. The van der Waals surface area contributed by atoms with Gasteiger partial charge in [0.2, 0.25) is 0 Å². The summed E-state index contributed by atoms with van der Waals surface area (Å²) in [7, 11) is 0. The van der Waals surface area contributed by atoms with E-state index < -0.39 is 0 Å². The number of nitrogens with zero attached hydrogens (tertiary/aromatic N) is 2. The molecule has 6 nitrogen and oxygen atoms in total. The van der Waals surface area contributed by atoms with Crippen LogP contribution in [0.5, 0.6) is 0 Å². The molecular weight excluding hydrogens is 502 g/mol. The number of carbonyl (C=O) groups is 1. The minimum Gasteiger partial charge on any atom is -0.404 e. The van der Waals surface area contributed by atoms with Crippen molar-refractivity contribution < 1.29 is 4.79 Å². The highest BCUT2D eigenvalue weighted by molar-refractivity contribution is 7.17. The molecule has 0 radical (unpaired) electrons. The number of piperidine rings is 1. The summed E-state index contributed by atoms with van der Waals surface area (Å²) in [5.41, 5.74) is 14.4. The highest BCUT2D eigenvalue weighted by Gasteiger charge is 2.16. The van der Waals surface area contributed by atoms with Crippen LogP contribution in [-0.2, 0) is 0 Å². The van der Waals surface area contributed by atoms with Crippen molar-refractivity contribution in [3.8, 4) is 21.8 Å². The van der Waals surface area contributed by atoms with Crippen molar-refractivity contribution in [3.05, 3.63) is 82.9 Å². The fourth-order valence-electron chi connectivity index (χ4n) is 5.58. The lowest BCUT2D eigenvalue weighted by Crippen LogP contribution is -2.31. The van der Waals surface area contributed by atoms with Crippen LogP contribution >= 0.6 is 11.3 Å². The molecule has 1 aliphatic rings. The van der Waals surface area contributed by atoms with Crippen LogP contribution in [0.2, 0.25) is 0 Å². The number of thiophene rings is 1. The van der Waals surface area contributed by atoms with E-state index in [-0.39, 0.29) is 5.78 Å². The van der Waals surface area contributed by atoms with Gasteiger partial charge in [0.15, 0.2) is 5.78 Å². The number of hydrogen-bond donors (Lipinski definition) is 3. The summed E-state index contributed by atoms with van der Waals surface area (Å²) in [6, 6.07) is 18.7. The molecule has 0 amide bonds. The number of fused-ring (bicyclic) bond motifs is 2. The summed E-state index contributed by atoms with van der Waals surface area (Å²) in [6.45, 7) is 7.13. The molecule has 1 aliphatic heterocycles. The van der Waals surface area contributed by atoms with Gasteiger partial charge in [-0.05, 0) is 87.3 Å². The fraction of sp³-hybridized carbons (Fsp3) is 0.250. The number of Topliss-reactive ketones (excluding diaryl/α,β-unsaturated/α-hetero) is 1. The molecular formula is C32H33N5OS. The Bertz CT molecular complexity index is 1730. The minimum atomic E-state index is 0.0920. The van der Waals surface area contributed by atoms with Crippen molar-refractivity contribution in [2.24, 2.45) is 5.73 Å². The molecule has 1 saturated heterocycles. The maximum absolute atomic E-state index is 11.9. The molecule has 0 saturated carbocycles. The second-order valence-electron chi connectivity index (χ2n) is 10.5. The highest BCUT2D eigenvalue weighted by atomic mass is 32.1. The topological polar surface area (TPSA) is 90.8 Å². The normalized spacial score (nSPS) is 15.4. The molecule has 6 rings (SSSR count). The van der Waals surface area contributed by atoms with E-state index >= 15 is 0 Å². The van der Waals surface area contributed by atoms with Crippen molar-refractivity contribution in [1.29, 1.82) is 0 Å². The number of ketones is 1. The van der Waals surface area contributed by atoms with Gasteiger partial charge in [0.1, 0.15) is 5.69 Å². The lowest BCUT2D eigenvalue weighted by molar-refractivity contribution is 0.102. The summed E-state index contributed by atoms with van der Waals surface area (Å²) < 4.78 is 0. The zero-order valence-corrected chi connectivity index (χ0v) is 23.2. The summed E-state index contributed by atoms with van der Waals surface area (Å²) in [6.07, 6.45) is 7.82. The first-order valence-corrected chi connectivity index (χ1v) is 14.3. The van der Waals surface area contributed by atoms with Gasteiger partial charge in [-0.15, -0.1) is 11.3 Å². The molecule has 0 aliphatic carbocycles. The maximum Gasteiger partial charge on any atom is 0.169 e. The smallest absolute Gasteiger partial charge is 0.169 e. The number of likely N-dealkylation sites (tertiary alicyclic amines) is 1. The number of H-pyrrole nitrogens is 2. The molecule has 4 N–H and O–H groups in total. The Hall–Kier alpha value is -3.94. The van der Waals surface area contributed by atoms with E-state index in [1.54, 1.807) is 13.1 Å². The minimum absolute atomic E-state index is 0.0920. The first kappa shape index (κ1) is 25.3. The lowest BCUT2D eigenvalue weighted by Gasteiger charge is -2.26. The van der Waals surface area contributed by atoms with Crippen molar-refractivity contribution in [2.45, 2.75) is 33.1 Å².